The lowest BCUT2D eigenvalue weighted by Gasteiger charge is -2.17. The molecule has 0 spiro atoms. The molecule has 0 saturated carbocycles. The molecular formula is C16H16Cl2N2O3S. The molecule has 24 heavy (non-hydrogen) atoms. The van der Waals surface area contributed by atoms with Crippen LogP contribution in [0.4, 0.5) is 5.69 Å². The summed E-state index contributed by atoms with van der Waals surface area (Å²) >= 11 is 13.2. The average molecular weight is 387 g/mol. The number of nitrogens with zero attached hydrogens (tertiary/aromatic N) is 1. The number of hydrogen-bond donors (Lipinski definition) is 1. The van der Waals surface area contributed by atoms with Gasteiger partial charge in [0.2, 0.25) is 5.91 Å². The van der Waals surface area contributed by atoms with E-state index in [4.69, 9.17) is 23.2 Å². The molecule has 128 valence electrons. The van der Waals surface area contributed by atoms with Crippen LogP contribution in [0.2, 0.25) is 10.0 Å². The molecule has 0 saturated heterocycles. The summed E-state index contributed by atoms with van der Waals surface area (Å²) in [5.74, 6) is -0.701. The van der Waals surface area contributed by atoms with Crippen LogP contribution < -0.4 is 5.32 Å². The third-order valence-electron chi connectivity index (χ3n) is 3.18. The lowest BCUT2D eigenvalue weighted by Crippen LogP contribution is -2.30. The maximum absolute atomic E-state index is 12.2. The molecule has 2 rings (SSSR count). The van der Waals surface area contributed by atoms with Gasteiger partial charge in [-0.05, 0) is 36.2 Å². The monoisotopic (exact) mass is 386 g/mol. The van der Waals surface area contributed by atoms with Crippen LogP contribution in [0.1, 0.15) is 15.2 Å². The van der Waals surface area contributed by atoms with Gasteiger partial charge < -0.3 is 10.1 Å². The van der Waals surface area contributed by atoms with Gasteiger partial charge in [-0.15, -0.1) is 11.3 Å². The van der Waals surface area contributed by atoms with Crippen LogP contribution in [-0.4, -0.2) is 37.5 Å². The zero-order valence-electron chi connectivity index (χ0n) is 13.1. The summed E-state index contributed by atoms with van der Waals surface area (Å²) in [4.78, 5) is 25.9. The van der Waals surface area contributed by atoms with Crippen molar-refractivity contribution in [1.82, 2.24) is 4.90 Å². The number of thiophene rings is 1. The molecule has 1 aromatic heterocycles. The van der Waals surface area contributed by atoms with Crippen LogP contribution in [0.3, 0.4) is 0 Å². The van der Waals surface area contributed by atoms with Crippen LogP contribution >= 0.6 is 34.5 Å². The van der Waals surface area contributed by atoms with Crippen LogP contribution in [0.15, 0.2) is 29.6 Å². The fourth-order valence-corrected chi connectivity index (χ4v) is 3.32. The summed E-state index contributed by atoms with van der Waals surface area (Å²) < 4.78 is 4.68. The standard InChI is InChI=1S/C16H16Cl2N2O3S/c1-20(8-10-3-4-11(17)7-12(10)18)9-14(21)19-13-5-6-24-15(13)16(22)23-2/h3-7H,8-9H2,1-2H3,(H,19,21). The Morgan fingerprint density at radius 1 is 1.29 bits per heavy atom. The Hall–Kier alpha value is -1.60. The predicted octanol–water partition coefficient (Wildman–Crippen LogP) is 3.91. The van der Waals surface area contributed by atoms with E-state index >= 15 is 0 Å². The normalized spacial score (nSPS) is 10.7. The minimum atomic E-state index is -0.471. The molecule has 0 fully saturated rings. The number of carbonyl (C=O) groups is 2. The van der Waals surface area contributed by atoms with Gasteiger partial charge in [0, 0.05) is 16.6 Å². The molecule has 2 aromatic rings. The van der Waals surface area contributed by atoms with E-state index in [2.05, 4.69) is 10.1 Å². The van der Waals surface area contributed by atoms with Crippen molar-refractivity contribution < 1.29 is 14.3 Å². The van der Waals surface area contributed by atoms with E-state index in [-0.39, 0.29) is 12.5 Å². The predicted molar refractivity (Wildman–Crippen MR) is 97.1 cm³/mol. The summed E-state index contributed by atoms with van der Waals surface area (Å²) in [7, 11) is 3.11. The highest BCUT2D eigenvalue weighted by Crippen LogP contribution is 2.24. The number of benzene rings is 1. The van der Waals surface area contributed by atoms with Gasteiger partial charge >= 0.3 is 5.97 Å². The summed E-state index contributed by atoms with van der Waals surface area (Å²) in [5.41, 5.74) is 1.33. The average Bonchev–Trinajstić information content (AvgIpc) is 2.97. The number of esters is 1. The zero-order chi connectivity index (χ0) is 17.7. The van der Waals surface area contributed by atoms with Gasteiger partial charge in [0.1, 0.15) is 4.88 Å². The zero-order valence-corrected chi connectivity index (χ0v) is 15.5. The van der Waals surface area contributed by atoms with Gasteiger partial charge in [0.25, 0.3) is 0 Å². The van der Waals surface area contributed by atoms with E-state index in [1.165, 1.54) is 18.4 Å². The fourth-order valence-electron chi connectivity index (χ4n) is 2.09. The van der Waals surface area contributed by atoms with E-state index in [1.807, 2.05) is 11.0 Å². The van der Waals surface area contributed by atoms with Crippen molar-refractivity contribution in [2.75, 3.05) is 26.0 Å². The molecule has 1 aromatic carbocycles. The van der Waals surface area contributed by atoms with Crippen molar-refractivity contribution in [2.24, 2.45) is 0 Å². The summed E-state index contributed by atoms with van der Waals surface area (Å²) in [6, 6.07) is 6.92. The molecule has 5 nitrogen and oxygen atoms in total. The fraction of sp³-hybridized carbons (Fsp3) is 0.250. The van der Waals surface area contributed by atoms with E-state index in [0.717, 1.165) is 5.56 Å². The largest absolute Gasteiger partial charge is 0.465 e. The van der Waals surface area contributed by atoms with Crippen molar-refractivity contribution in [3.8, 4) is 0 Å². The highest BCUT2D eigenvalue weighted by atomic mass is 35.5. The van der Waals surface area contributed by atoms with E-state index in [1.54, 1.807) is 30.6 Å². The quantitative estimate of drug-likeness (QED) is 0.764. The van der Waals surface area contributed by atoms with Crippen LogP contribution in [0.5, 0.6) is 0 Å². The van der Waals surface area contributed by atoms with Crippen molar-refractivity contribution in [3.05, 3.63) is 50.1 Å². The second kappa shape index (κ2) is 8.48. The Bertz CT molecular complexity index is 749. The first-order valence-corrected chi connectivity index (χ1v) is 8.62. The molecule has 1 amide bonds. The van der Waals surface area contributed by atoms with E-state index in [9.17, 15) is 9.59 Å². The Balaban J connectivity index is 1.95. The first kappa shape index (κ1) is 18.7. The number of halogens is 2. The number of hydrogen-bond acceptors (Lipinski definition) is 5. The number of rotatable bonds is 6. The maximum Gasteiger partial charge on any atom is 0.350 e. The Morgan fingerprint density at radius 3 is 2.71 bits per heavy atom. The maximum atomic E-state index is 12.2. The van der Waals surface area contributed by atoms with Gasteiger partial charge in [-0.1, -0.05) is 29.3 Å². The second-order valence-electron chi connectivity index (χ2n) is 5.11. The van der Waals surface area contributed by atoms with Gasteiger partial charge in [-0.2, -0.15) is 0 Å². The van der Waals surface area contributed by atoms with Crippen LogP contribution in [-0.2, 0) is 16.1 Å². The summed E-state index contributed by atoms with van der Waals surface area (Å²) in [5, 5.41) is 5.57. The van der Waals surface area contributed by atoms with E-state index in [0.29, 0.717) is 27.2 Å². The lowest BCUT2D eigenvalue weighted by atomic mass is 10.2. The number of methoxy groups -OCH3 is 1. The van der Waals surface area contributed by atoms with E-state index < -0.39 is 5.97 Å². The lowest BCUT2D eigenvalue weighted by molar-refractivity contribution is -0.117. The number of carbonyl (C=O) groups excluding carboxylic acids is 2. The third kappa shape index (κ3) is 4.95. The highest BCUT2D eigenvalue weighted by Gasteiger charge is 2.16. The molecule has 0 aliphatic carbocycles. The molecule has 0 bridgehead atoms. The SMILES string of the molecule is COC(=O)c1sccc1NC(=O)CN(C)Cc1ccc(Cl)cc1Cl. The number of amides is 1. The molecule has 0 atom stereocenters. The van der Waals surface area contributed by atoms with Crippen LogP contribution in [0, 0.1) is 0 Å². The number of ether oxygens (including phenoxy) is 1. The number of likely N-dealkylation sites (N-methyl/N-ethyl adjacent to an activating group) is 1. The van der Waals surface area contributed by atoms with Gasteiger partial charge in [-0.3, -0.25) is 9.69 Å². The Labute approximate surface area is 154 Å². The van der Waals surface area contributed by atoms with Gasteiger partial charge in [-0.25, -0.2) is 4.79 Å². The molecule has 1 N–H and O–H groups in total. The molecular weight excluding hydrogens is 371 g/mol. The number of nitrogens with one attached hydrogen (secondary N) is 1. The smallest absolute Gasteiger partial charge is 0.350 e. The Morgan fingerprint density at radius 2 is 2.04 bits per heavy atom. The van der Waals surface area contributed by atoms with Gasteiger partial charge in [0.15, 0.2) is 0 Å². The molecule has 0 aliphatic rings. The summed E-state index contributed by atoms with van der Waals surface area (Å²) in [6.45, 7) is 0.645. The minimum absolute atomic E-state index is 0.148. The molecule has 0 radical (unpaired) electrons. The first-order valence-electron chi connectivity index (χ1n) is 6.99. The van der Waals surface area contributed by atoms with Crippen molar-refractivity contribution >= 4 is 52.1 Å². The molecule has 1 heterocycles. The third-order valence-corrected chi connectivity index (χ3v) is 4.66. The molecule has 0 aliphatic heterocycles. The molecule has 0 unspecified atom stereocenters. The molecule has 8 heteroatoms. The van der Waals surface area contributed by atoms with Crippen molar-refractivity contribution in [2.45, 2.75) is 6.54 Å². The Kier molecular flexibility index (Phi) is 6.62. The van der Waals surface area contributed by atoms with Crippen LogP contribution in [0.25, 0.3) is 0 Å². The second-order valence-corrected chi connectivity index (χ2v) is 6.87. The van der Waals surface area contributed by atoms with Crippen molar-refractivity contribution in [3.63, 3.8) is 0 Å². The minimum Gasteiger partial charge on any atom is -0.465 e. The topological polar surface area (TPSA) is 58.6 Å². The van der Waals surface area contributed by atoms with Gasteiger partial charge in [0.05, 0.1) is 19.3 Å². The number of anilines is 1. The highest BCUT2D eigenvalue weighted by molar-refractivity contribution is 7.12. The first-order chi connectivity index (χ1) is 11.4. The van der Waals surface area contributed by atoms with Crippen molar-refractivity contribution in [1.29, 1.82) is 0 Å². The summed E-state index contributed by atoms with van der Waals surface area (Å²) in [6.07, 6.45) is 0.